The fourth-order valence-electron chi connectivity index (χ4n) is 3.77. The Kier molecular flexibility index (Phi) is 6.25. The van der Waals surface area contributed by atoms with E-state index < -0.39 is 23.4 Å². The lowest BCUT2D eigenvalue weighted by Crippen LogP contribution is -2.41. The summed E-state index contributed by atoms with van der Waals surface area (Å²) >= 11 is 6.23. The first kappa shape index (κ1) is 22.0. The highest BCUT2D eigenvalue weighted by molar-refractivity contribution is 6.31. The Morgan fingerprint density at radius 1 is 1.06 bits per heavy atom. The largest absolute Gasteiger partial charge is 0.384 e. The molecule has 166 valence electrons. The van der Waals surface area contributed by atoms with Gasteiger partial charge in [-0.25, -0.2) is 18.6 Å². The number of benzene rings is 2. The summed E-state index contributed by atoms with van der Waals surface area (Å²) in [5, 5.41) is 6.24. The summed E-state index contributed by atoms with van der Waals surface area (Å²) in [6, 6.07) is 10.2. The number of anilines is 4. The molecule has 2 amide bonds. The van der Waals surface area contributed by atoms with E-state index >= 15 is 8.78 Å². The summed E-state index contributed by atoms with van der Waals surface area (Å²) in [4.78, 5) is 20.4. The average Bonchev–Trinajstić information content (AvgIpc) is 2.86. The van der Waals surface area contributed by atoms with Crippen molar-refractivity contribution in [3.63, 3.8) is 0 Å². The van der Waals surface area contributed by atoms with E-state index in [1.165, 1.54) is 23.1 Å². The average molecular weight is 458 g/mol. The van der Waals surface area contributed by atoms with Crippen molar-refractivity contribution < 1.29 is 13.6 Å². The van der Waals surface area contributed by atoms with Crippen LogP contribution in [0.15, 0.2) is 48.7 Å². The van der Waals surface area contributed by atoms with Gasteiger partial charge in [0.25, 0.3) is 0 Å². The van der Waals surface area contributed by atoms with E-state index in [1.54, 1.807) is 38.4 Å². The molecule has 0 spiro atoms. The summed E-state index contributed by atoms with van der Waals surface area (Å²) in [5.41, 5.74) is 1.36. The van der Waals surface area contributed by atoms with Crippen LogP contribution < -0.4 is 20.4 Å². The lowest BCUT2D eigenvalue weighted by Gasteiger charge is -2.28. The normalized spacial score (nSPS) is 13.0. The number of hydrogen-bond donors (Lipinski definition) is 2. The van der Waals surface area contributed by atoms with Gasteiger partial charge in [0, 0.05) is 47.7 Å². The summed E-state index contributed by atoms with van der Waals surface area (Å²) in [5.74, 6) is -1.32. The summed E-state index contributed by atoms with van der Waals surface area (Å²) in [7, 11) is 1.78. The quantitative estimate of drug-likeness (QED) is 0.486. The highest BCUT2D eigenvalue weighted by Gasteiger charge is 2.36. The number of aromatic nitrogens is 1. The lowest BCUT2D eigenvalue weighted by atomic mass is 10.0. The molecule has 0 fully saturated rings. The Morgan fingerprint density at radius 2 is 1.81 bits per heavy atom. The van der Waals surface area contributed by atoms with E-state index in [0.29, 0.717) is 35.1 Å². The number of carbonyl (C=O) groups excluding carboxylic acids is 1. The molecule has 4 rings (SSSR count). The highest BCUT2D eigenvalue weighted by Crippen LogP contribution is 2.45. The van der Waals surface area contributed by atoms with Gasteiger partial charge in [0.2, 0.25) is 0 Å². The number of nitrogens with one attached hydrogen (secondary N) is 2. The first-order valence-corrected chi connectivity index (χ1v) is 10.6. The lowest BCUT2D eigenvalue weighted by molar-refractivity contribution is 0.253. The van der Waals surface area contributed by atoms with Crippen molar-refractivity contribution in [2.75, 3.05) is 41.8 Å². The molecule has 1 aromatic heterocycles. The van der Waals surface area contributed by atoms with Gasteiger partial charge < -0.3 is 10.6 Å². The zero-order valence-electron chi connectivity index (χ0n) is 17.6. The van der Waals surface area contributed by atoms with Gasteiger partial charge in [-0.2, -0.15) is 0 Å². The monoisotopic (exact) mass is 457 g/mol. The van der Waals surface area contributed by atoms with E-state index in [4.69, 9.17) is 11.6 Å². The maximum Gasteiger partial charge on any atom is 0.334 e. The van der Waals surface area contributed by atoms with Gasteiger partial charge in [-0.1, -0.05) is 17.7 Å². The number of carbonyl (C=O) groups is 1. The van der Waals surface area contributed by atoms with Gasteiger partial charge in [0.15, 0.2) is 11.6 Å². The fraction of sp³-hybridized carbons (Fsp3) is 0.217. The van der Waals surface area contributed by atoms with Crippen molar-refractivity contribution in [3.8, 4) is 11.1 Å². The van der Waals surface area contributed by atoms with Crippen LogP contribution in [-0.4, -0.2) is 37.7 Å². The molecule has 0 aliphatic carbocycles. The molecule has 1 aliphatic heterocycles. The molecule has 0 unspecified atom stereocenters. The number of hydrogen-bond acceptors (Lipinski definition) is 4. The van der Waals surface area contributed by atoms with E-state index in [2.05, 4.69) is 15.6 Å². The standard InChI is InChI=1S/C23H22ClF2N5O/c1-3-30-22-17(5-4-8-29-22)16-7-6-14(24)11-20(16)31(23(30)32)21-18(25)12-15(13-19(21)26)28-10-9-27-2/h4-8,11-13,27-28H,3,9-10H2,1-2H3. The predicted molar refractivity (Wildman–Crippen MR) is 124 cm³/mol. The number of urea groups is 1. The van der Waals surface area contributed by atoms with Gasteiger partial charge in [-0.3, -0.25) is 9.80 Å². The minimum absolute atomic E-state index is 0.258. The third-order valence-corrected chi connectivity index (χ3v) is 5.45. The zero-order chi connectivity index (χ0) is 22.8. The topological polar surface area (TPSA) is 60.5 Å². The van der Waals surface area contributed by atoms with Gasteiger partial charge in [0.05, 0.1) is 5.69 Å². The van der Waals surface area contributed by atoms with Crippen molar-refractivity contribution in [2.24, 2.45) is 0 Å². The van der Waals surface area contributed by atoms with Crippen molar-refractivity contribution in [2.45, 2.75) is 6.92 Å². The molecule has 6 nitrogen and oxygen atoms in total. The smallest absolute Gasteiger partial charge is 0.334 e. The van der Waals surface area contributed by atoms with Crippen LogP contribution in [0.2, 0.25) is 5.02 Å². The number of nitrogens with zero attached hydrogens (tertiary/aromatic N) is 3. The SMILES string of the molecule is CCN1C(=O)N(c2c(F)cc(NCCNC)cc2F)c2cc(Cl)ccc2-c2cccnc21. The van der Waals surface area contributed by atoms with Crippen LogP contribution >= 0.6 is 11.6 Å². The molecule has 0 radical (unpaired) electrons. The zero-order valence-corrected chi connectivity index (χ0v) is 18.4. The molecule has 1 aliphatic rings. The van der Waals surface area contributed by atoms with Crippen molar-refractivity contribution >= 4 is 40.5 Å². The molecule has 0 saturated heterocycles. The summed E-state index contributed by atoms with van der Waals surface area (Å²) < 4.78 is 30.6. The fourth-order valence-corrected chi connectivity index (χ4v) is 3.93. The number of fused-ring (bicyclic) bond motifs is 3. The van der Waals surface area contributed by atoms with Gasteiger partial charge >= 0.3 is 6.03 Å². The molecule has 3 aromatic rings. The van der Waals surface area contributed by atoms with Crippen molar-refractivity contribution in [1.29, 1.82) is 0 Å². The number of amides is 2. The van der Waals surface area contributed by atoms with Gasteiger partial charge in [0.1, 0.15) is 11.5 Å². The number of pyridine rings is 1. The van der Waals surface area contributed by atoms with Crippen LogP contribution in [0.3, 0.4) is 0 Å². The van der Waals surface area contributed by atoms with E-state index in [9.17, 15) is 4.79 Å². The van der Waals surface area contributed by atoms with Crippen LogP contribution in [0.25, 0.3) is 11.1 Å². The molecule has 0 atom stereocenters. The highest BCUT2D eigenvalue weighted by atomic mass is 35.5. The molecule has 9 heteroatoms. The molecule has 32 heavy (non-hydrogen) atoms. The minimum atomic E-state index is -0.869. The van der Waals surface area contributed by atoms with E-state index in [0.717, 1.165) is 4.90 Å². The Labute approximate surface area is 189 Å². The summed E-state index contributed by atoms with van der Waals surface area (Å²) in [6.07, 6.45) is 1.58. The third-order valence-electron chi connectivity index (χ3n) is 5.22. The number of likely N-dealkylation sites (N-methyl/N-ethyl adjacent to an activating group) is 1. The number of halogens is 3. The predicted octanol–water partition coefficient (Wildman–Crippen LogP) is 5.41. The number of rotatable bonds is 6. The Bertz CT molecular complexity index is 1150. The first-order chi connectivity index (χ1) is 15.5. The van der Waals surface area contributed by atoms with Crippen molar-refractivity contribution in [1.82, 2.24) is 10.3 Å². The Balaban J connectivity index is 1.91. The second kappa shape index (κ2) is 9.10. The Hall–Kier alpha value is -3.23. The van der Waals surface area contributed by atoms with Crippen LogP contribution in [0, 0.1) is 11.6 Å². The summed E-state index contributed by atoms with van der Waals surface area (Å²) in [6.45, 7) is 3.14. The molecule has 0 bridgehead atoms. The van der Waals surface area contributed by atoms with E-state index in [1.807, 2.05) is 6.07 Å². The molecule has 0 saturated carbocycles. The van der Waals surface area contributed by atoms with E-state index in [-0.39, 0.29) is 17.9 Å². The van der Waals surface area contributed by atoms with Crippen LogP contribution in [0.1, 0.15) is 6.92 Å². The first-order valence-electron chi connectivity index (χ1n) is 10.2. The van der Waals surface area contributed by atoms with Crippen LogP contribution in [-0.2, 0) is 0 Å². The maximum absolute atomic E-state index is 15.3. The van der Waals surface area contributed by atoms with Crippen LogP contribution in [0.5, 0.6) is 0 Å². The van der Waals surface area contributed by atoms with Gasteiger partial charge in [-0.05, 0) is 50.4 Å². The Morgan fingerprint density at radius 3 is 2.50 bits per heavy atom. The maximum atomic E-state index is 15.3. The second-order valence-electron chi connectivity index (χ2n) is 7.22. The van der Waals surface area contributed by atoms with Crippen molar-refractivity contribution in [3.05, 3.63) is 65.3 Å². The van der Waals surface area contributed by atoms with Crippen LogP contribution in [0.4, 0.5) is 36.5 Å². The van der Waals surface area contributed by atoms with Gasteiger partial charge in [-0.15, -0.1) is 0 Å². The molecular weight excluding hydrogens is 436 g/mol. The third kappa shape index (κ3) is 3.87. The molecule has 2 N–H and O–H groups in total. The molecule has 2 aromatic carbocycles. The molecule has 2 heterocycles. The minimum Gasteiger partial charge on any atom is -0.384 e. The molecular formula is C23H22ClF2N5O. The second-order valence-corrected chi connectivity index (χ2v) is 7.65.